The number of halogens is 1. The molecule has 2 aliphatic carbocycles. The number of rotatable bonds is 6. The van der Waals surface area contributed by atoms with Gasteiger partial charge in [0.15, 0.2) is 5.13 Å². The normalized spacial score (nSPS) is 28.4. The highest BCUT2D eigenvalue weighted by molar-refractivity contribution is 7.93. The van der Waals surface area contributed by atoms with E-state index in [1.54, 1.807) is 7.05 Å². The predicted molar refractivity (Wildman–Crippen MR) is 142 cm³/mol. The summed E-state index contributed by atoms with van der Waals surface area (Å²) < 4.78 is 28.4. The average Bonchev–Trinajstić information content (AvgIpc) is 3.19. The van der Waals surface area contributed by atoms with Gasteiger partial charge in [-0.1, -0.05) is 38.3 Å². The molecule has 0 radical (unpaired) electrons. The standard InChI is InChI=1S/C26H32ClN3O4S2/c1-6-13-30(5)24(32)15(2)19-11-12-26(4)14-20-22(16(3)21(26)23(19)31)28-25(35-20)29-36(33,34)18-9-7-17(27)8-10-18/h1,7-10,15-16,19,21,23,31H,11-14H2,2-5H3,(H,28,29)/t15-,16-,19+,21+,23-,26+/m0/s1. The number of hydrogen-bond donors (Lipinski definition) is 2. The van der Waals surface area contributed by atoms with Crippen molar-refractivity contribution < 1.29 is 18.3 Å². The summed E-state index contributed by atoms with van der Waals surface area (Å²) in [5.41, 5.74) is 0.647. The lowest BCUT2D eigenvalue weighted by Crippen LogP contribution is -2.53. The van der Waals surface area contributed by atoms with E-state index in [2.05, 4.69) is 22.6 Å². The number of aliphatic hydroxyl groups excluding tert-OH is 1. The second-order valence-corrected chi connectivity index (χ2v) is 13.6. The van der Waals surface area contributed by atoms with Crippen LogP contribution in [-0.2, 0) is 21.2 Å². The molecule has 10 heteroatoms. The zero-order valence-electron chi connectivity index (χ0n) is 20.9. The fraction of sp³-hybridized carbons (Fsp3) is 0.538. The van der Waals surface area contributed by atoms with Crippen molar-refractivity contribution in [2.45, 2.75) is 57.0 Å². The minimum absolute atomic E-state index is 0.0581. The topological polar surface area (TPSA) is 99.6 Å². The van der Waals surface area contributed by atoms with Crippen LogP contribution in [-0.4, -0.2) is 49.0 Å². The number of nitrogens with one attached hydrogen (secondary N) is 1. The van der Waals surface area contributed by atoms with Crippen molar-refractivity contribution >= 4 is 44.0 Å². The van der Waals surface area contributed by atoms with Crippen LogP contribution < -0.4 is 4.72 Å². The Morgan fingerprint density at radius 1 is 1.42 bits per heavy atom. The predicted octanol–water partition coefficient (Wildman–Crippen LogP) is 4.38. The first kappa shape index (κ1) is 26.9. The van der Waals surface area contributed by atoms with Crippen molar-refractivity contribution in [3.05, 3.63) is 39.9 Å². The second-order valence-electron chi connectivity index (χ2n) is 10.4. The minimum atomic E-state index is -3.81. The molecule has 0 aliphatic heterocycles. The van der Waals surface area contributed by atoms with Gasteiger partial charge < -0.3 is 10.0 Å². The average molecular weight is 550 g/mol. The number of fused-ring (bicyclic) bond motifs is 2. The van der Waals surface area contributed by atoms with Gasteiger partial charge in [0, 0.05) is 28.8 Å². The highest BCUT2D eigenvalue weighted by Gasteiger charge is 2.54. The number of aliphatic hydroxyl groups is 1. The molecule has 4 rings (SSSR count). The highest BCUT2D eigenvalue weighted by atomic mass is 35.5. The van der Waals surface area contributed by atoms with Crippen molar-refractivity contribution in [2.75, 3.05) is 18.3 Å². The quantitative estimate of drug-likeness (QED) is 0.521. The Bertz CT molecular complexity index is 1290. The summed E-state index contributed by atoms with van der Waals surface area (Å²) in [7, 11) is -2.12. The lowest BCUT2D eigenvalue weighted by atomic mass is 9.53. The van der Waals surface area contributed by atoms with Crippen molar-refractivity contribution in [2.24, 2.45) is 23.2 Å². The highest BCUT2D eigenvalue weighted by Crippen LogP contribution is 2.57. The zero-order chi connectivity index (χ0) is 26.4. The maximum absolute atomic E-state index is 12.9. The number of amides is 1. The molecule has 1 amide bonds. The Balaban J connectivity index is 1.58. The van der Waals surface area contributed by atoms with Gasteiger partial charge in [-0.3, -0.25) is 9.52 Å². The Labute approximate surface area is 222 Å². The number of anilines is 1. The fourth-order valence-corrected chi connectivity index (χ4v) is 8.75. The molecular formula is C26H32ClN3O4S2. The number of carbonyl (C=O) groups excluding carboxylic acids is 1. The number of aromatic nitrogens is 1. The second kappa shape index (κ2) is 9.97. The van der Waals surface area contributed by atoms with Gasteiger partial charge in [0.05, 0.1) is 23.2 Å². The molecule has 1 saturated carbocycles. The van der Waals surface area contributed by atoms with Crippen molar-refractivity contribution in [1.82, 2.24) is 9.88 Å². The van der Waals surface area contributed by atoms with Gasteiger partial charge in [0.25, 0.3) is 10.0 Å². The molecule has 1 heterocycles. The molecule has 194 valence electrons. The van der Waals surface area contributed by atoms with Gasteiger partial charge in [-0.15, -0.1) is 17.8 Å². The van der Waals surface area contributed by atoms with E-state index in [9.17, 15) is 18.3 Å². The molecule has 1 aromatic heterocycles. The van der Waals surface area contributed by atoms with Crippen LogP contribution in [0.5, 0.6) is 0 Å². The van der Waals surface area contributed by atoms with Crippen LogP contribution in [0.3, 0.4) is 0 Å². The number of carbonyl (C=O) groups is 1. The Hall–Kier alpha value is -2.12. The van der Waals surface area contributed by atoms with Crippen LogP contribution in [0.15, 0.2) is 29.2 Å². The number of benzene rings is 1. The van der Waals surface area contributed by atoms with Crippen LogP contribution in [0.4, 0.5) is 5.13 Å². The van der Waals surface area contributed by atoms with Crippen LogP contribution in [0.1, 0.15) is 50.1 Å². The van der Waals surface area contributed by atoms with Crippen molar-refractivity contribution in [3.8, 4) is 12.3 Å². The van der Waals surface area contributed by atoms with E-state index in [-0.39, 0.29) is 46.4 Å². The zero-order valence-corrected chi connectivity index (χ0v) is 23.3. The molecule has 2 N–H and O–H groups in total. The van der Waals surface area contributed by atoms with E-state index >= 15 is 0 Å². The molecule has 0 spiro atoms. The lowest BCUT2D eigenvalue weighted by Gasteiger charge is -2.53. The smallest absolute Gasteiger partial charge is 0.263 e. The number of sulfonamides is 1. The Morgan fingerprint density at radius 2 is 2.08 bits per heavy atom. The summed E-state index contributed by atoms with van der Waals surface area (Å²) in [6, 6.07) is 5.97. The van der Waals surface area contributed by atoms with Gasteiger partial charge in [0.2, 0.25) is 5.91 Å². The first-order valence-electron chi connectivity index (χ1n) is 12.0. The van der Waals surface area contributed by atoms with Gasteiger partial charge in [-0.25, -0.2) is 13.4 Å². The summed E-state index contributed by atoms with van der Waals surface area (Å²) in [6.45, 7) is 6.34. The summed E-state index contributed by atoms with van der Waals surface area (Å²) in [4.78, 5) is 20.3. The summed E-state index contributed by atoms with van der Waals surface area (Å²) in [5, 5.41) is 12.3. The molecule has 0 saturated heterocycles. The Morgan fingerprint density at radius 3 is 2.72 bits per heavy atom. The molecule has 1 fully saturated rings. The molecule has 2 aromatic rings. The molecule has 2 aliphatic rings. The number of thiazole rings is 1. The molecule has 1 aromatic carbocycles. The molecular weight excluding hydrogens is 518 g/mol. The maximum atomic E-state index is 12.9. The summed E-state index contributed by atoms with van der Waals surface area (Å²) in [6.07, 6.45) is 7.01. The molecule has 36 heavy (non-hydrogen) atoms. The first-order valence-corrected chi connectivity index (χ1v) is 14.7. The van der Waals surface area contributed by atoms with E-state index in [0.29, 0.717) is 16.6 Å². The number of hydrogen-bond acceptors (Lipinski definition) is 6. The summed E-state index contributed by atoms with van der Waals surface area (Å²) in [5.74, 6) is 1.72. The monoisotopic (exact) mass is 549 g/mol. The number of terminal acetylenes is 1. The largest absolute Gasteiger partial charge is 0.392 e. The number of nitrogens with zero attached hydrogens (tertiary/aromatic N) is 2. The van der Waals surface area contributed by atoms with E-state index in [4.69, 9.17) is 18.0 Å². The maximum Gasteiger partial charge on any atom is 0.263 e. The fourth-order valence-electron chi connectivity index (χ4n) is 6.12. The first-order chi connectivity index (χ1) is 16.9. The van der Waals surface area contributed by atoms with Gasteiger partial charge >= 0.3 is 0 Å². The van der Waals surface area contributed by atoms with Crippen LogP contribution in [0.2, 0.25) is 5.02 Å². The van der Waals surface area contributed by atoms with Crippen LogP contribution >= 0.6 is 22.9 Å². The van der Waals surface area contributed by atoms with Gasteiger partial charge in [0.1, 0.15) is 0 Å². The summed E-state index contributed by atoms with van der Waals surface area (Å²) >= 11 is 7.25. The van der Waals surface area contributed by atoms with Crippen LogP contribution in [0.25, 0.3) is 0 Å². The van der Waals surface area contributed by atoms with E-state index in [1.807, 2.05) is 13.8 Å². The third-order valence-corrected chi connectivity index (χ3v) is 10.7. The van der Waals surface area contributed by atoms with E-state index in [0.717, 1.165) is 23.4 Å². The van der Waals surface area contributed by atoms with E-state index < -0.39 is 16.1 Å². The van der Waals surface area contributed by atoms with Crippen LogP contribution in [0, 0.1) is 35.5 Å². The SMILES string of the molecule is C#CCN(C)C(=O)[C@@H](C)[C@H]1CC[C@]2(C)Cc3sc(NS(=O)(=O)c4ccc(Cl)cc4)nc3[C@@H](C)[C@@H]2[C@H]1O. The molecule has 0 bridgehead atoms. The van der Waals surface area contributed by atoms with Gasteiger partial charge in [-0.05, 0) is 60.8 Å². The molecule has 6 atom stereocenters. The Kier molecular flexibility index (Phi) is 7.46. The van der Waals surface area contributed by atoms with Crippen molar-refractivity contribution in [1.29, 1.82) is 0 Å². The lowest BCUT2D eigenvalue weighted by molar-refractivity contribution is -0.142. The molecule has 0 unspecified atom stereocenters. The third kappa shape index (κ3) is 4.89. The van der Waals surface area contributed by atoms with E-state index in [1.165, 1.54) is 40.5 Å². The minimum Gasteiger partial charge on any atom is -0.392 e. The van der Waals surface area contributed by atoms with Crippen molar-refractivity contribution in [3.63, 3.8) is 0 Å². The molecule has 7 nitrogen and oxygen atoms in total. The van der Waals surface area contributed by atoms with Gasteiger partial charge in [-0.2, -0.15) is 0 Å². The third-order valence-electron chi connectivity index (χ3n) is 8.00.